The molecule has 0 spiro atoms. The van der Waals surface area contributed by atoms with Crippen molar-refractivity contribution in [2.45, 2.75) is 29.7 Å². The summed E-state index contributed by atoms with van der Waals surface area (Å²) in [5, 5.41) is 19.9. The van der Waals surface area contributed by atoms with Crippen LogP contribution < -0.4 is 9.46 Å². The average Bonchev–Trinajstić information content (AvgIpc) is 2.85. The lowest BCUT2D eigenvalue weighted by Crippen LogP contribution is -2.13. The number of aliphatic carboxylic acids is 1. The van der Waals surface area contributed by atoms with Gasteiger partial charge < -0.3 is 14.9 Å². The number of rotatable bonds is 9. The van der Waals surface area contributed by atoms with Gasteiger partial charge in [-0.25, -0.2) is 8.42 Å². The molecule has 0 aliphatic rings. The fourth-order valence-electron chi connectivity index (χ4n) is 3.61. The number of phenols is 1. The predicted octanol–water partition coefficient (Wildman–Crippen LogP) is 5.37. The highest BCUT2D eigenvalue weighted by Crippen LogP contribution is 2.39. The lowest BCUT2D eigenvalue weighted by atomic mass is 10.1. The van der Waals surface area contributed by atoms with Crippen LogP contribution in [0.3, 0.4) is 0 Å². The molecule has 4 aromatic rings. The number of benzene rings is 3. The normalized spacial score (nSPS) is 11.5. The number of phenolic OH excluding ortho intramolecular Hbond substituents is 1. The smallest absolute Gasteiger partial charge is 0.313 e. The molecule has 1 heterocycles. The number of anilines is 1. The summed E-state index contributed by atoms with van der Waals surface area (Å²) in [6, 6.07) is 18.5. The quantitative estimate of drug-likeness (QED) is 0.197. The average molecular weight is 525 g/mol. The maximum absolute atomic E-state index is 13.4. The molecular weight excluding hydrogens is 500 g/mol. The maximum Gasteiger partial charge on any atom is 0.313 e. The van der Waals surface area contributed by atoms with E-state index >= 15 is 0 Å². The molecule has 0 aliphatic carbocycles. The third-order valence-corrected chi connectivity index (χ3v) is 7.48. The Morgan fingerprint density at radius 3 is 2.50 bits per heavy atom. The number of carboxylic acid groups (broad SMARTS) is 1. The molecule has 36 heavy (non-hydrogen) atoms. The van der Waals surface area contributed by atoms with Crippen molar-refractivity contribution < 1.29 is 28.2 Å². The van der Waals surface area contributed by atoms with Crippen LogP contribution in [-0.2, 0) is 14.8 Å². The number of carboxylic acids is 1. The topological polar surface area (TPSA) is 126 Å². The minimum Gasteiger partial charge on any atom is -0.506 e. The number of hydrogen-bond acceptors (Lipinski definition) is 7. The van der Waals surface area contributed by atoms with Gasteiger partial charge in [-0.3, -0.25) is 14.5 Å². The van der Waals surface area contributed by atoms with Crippen molar-refractivity contribution in [2.75, 3.05) is 10.5 Å². The van der Waals surface area contributed by atoms with E-state index in [1.807, 2.05) is 44.2 Å². The number of hydrogen-bond donors (Lipinski definition) is 3. The van der Waals surface area contributed by atoms with Crippen LogP contribution in [0.5, 0.6) is 11.5 Å². The number of pyridine rings is 1. The zero-order valence-electron chi connectivity index (χ0n) is 19.5. The minimum absolute atomic E-state index is 0.00320. The molecule has 4 rings (SSSR count). The lowest BCUT2D eigenvalue weighted by Gasteiger charge is -2.15. The molecule has 186 valence electrons. The molecule has 0 saturated heterocycles. The van der Waals surface area contributed by atoms with Gasteiger partial charge >= 0.3 is 5.97 Å². The summed E-state index contributed by atoms with van der Waals surface area (Å²) in [5.74, 6) is -0.833. The Kier molecular flexibility index (Phi) is 7.37. The highest BCUT2D eigenvalue weighted by atomic mass is 32.2. The number of sulfonamides is 1. The first-order valence-electron chi connectivity index (χ1n) is 11.0. The SMILES string of the molecule is CC(C)Oc1cccc(-c2cccc(S(=O)(=O)Nc3cc(SCC(=O)O)c(O)c4cccnc34)c2)c1. The first-order valence-corrected chi connectivity index (χ1v) is 13.5. The van der Waals surface area contributed by atoms with Gasteiger partial charge in [0.15, 0.2) is 0 Å². The highest BCUT2D eigenvalue weighted by Gasteiger charge is 2.20. The molecule has 0 fully saturated rings. The zero-order valence-corrected chi connectivity index (χ0v) is 21.1. The number of carbonyl (C=O) groups is 1. The fraction of sp³-hybridized carbons (Fsp3) is 0.154. The summed E-state index contributed by atoms with van der Waals surface area (Å²) in [7, 11) is -4.05. The van der Waals surface area contributed by atoms with E-state index in [0.29, 0.717) is 16.7 Å². The van der Waals surface area contributed by atoms with E-state index in [1.54, 1.807) is 24.3 Å². The van der Waals surface area contributed by atoms with Crippen LogP contribution in [0, 0.1) is 0 Å². The van der Waals surface area contributed by atoms with E-state index in [-0.39, 0.29) is 38.6 Å². The first kappa shape index (κ1) is 25.3. The van der Waals surface area contributed by atoms with Crippen molar-refractivity contribution in [1.82, 2.24) is 4.98 Å². The fourth-order valence-corrected chi connectivity index (χ4v) is 5.44. The molecule has 0 radical (unpaired) electrons. The molecule has 8 nitrogen and oxygen atoms in total. The van der Waals surface area contributed by atoms with Crippen molar-refractivity contribution in [3.05, 3.63) is 72.9 Å². The molecule has 0 bridgehead atoms. The van der Waals surface area contributed by atoms with Crippen LogP contribution in [-0.4, -0.2) is 41.4 Å². The van der Waals surface area contributed by atoms with E-state index in [2.05, 4.69) is 9.71 Å². The second-order valence-electron chi connectivity index (χ2n) is 8.18. The summed E-state index contributed by atoms with van der Waals surface area (Å²) in [6.45, 7) is 3.86. The van der Waals surface area contributed by atoms with Gasteiger partial charge in [0, 0.05) is 11.6 Å². The van der Waals surface area contributed by atoms with Crippen LogP contribution in [0.2, 0.25) is 0 Å². The molecule has 3 N–H and O–H groups in total. The van der Waals surface area contributed by atoms with Crippen LogP contribution in [0.1, 0.15) is 13.8 Å². The van der Waals surface area contributed by atoms with Crippen LogP contribution in [0.25, 0.3) is 22.0 Å². The van der Waals surface area contributed by atoms with E-state index in [4.69, 9.17) is 9.84 Å². The summed E-state index contributed by atoms with van der Waals surface area (Å²) in [4.78, 5) is 15.5. The van der Waals surface area contributed by atoms with Crippen molar-refractivity contribution in [2.24, 2.45) is 0 Å². The van der Waals surface area contributed by atoms with E-state index in [1.165, 1.54) is 18.3 Å². The van der Waals surface area contributed by atoms with Crippen LogP contribution >= 0.6 is 11.8 Å². The second-order valence-corrected chi connectivity index (χ2v) is 10.9. The Hall–Kier alpha value is -3.76. The van der Waals surface area contributed by atoms with Gasteiger partial charge in [-0.15, -0.1) is 11.8 Å². The standard InChI is InChI=1S/C26H24N2O6S2/c1-16(2)34-19-8-3-6-17(12-19)18-7-4-9-20(13-18)36(32,33)28-22-14-23(35-15-24(29)30)26(31)21-10-5-11-27-25(21)22/h3-14,16,28,31H,15H2,1-2H3,(H,29,30). The zero-order chi connectivity index (χ0) is 25.9. The van der Waals surface area contributed by atoms with E-state index < -0.39 is 16.0 Å². The molecule has 3 aromatic carbocycles. The maximum atomic E-state index is 13.4. The molecule has 0 saturated carbocycles. The minimum atomic E-state index is -4.05. The second kappa shape index (κ2) is 10.5. The summed E-state index contributed by atoms with van der Waals surface area (Å²) in [5.41, 5.74) is 1.87. The first-order chi connectivity index (χ1) is 17.1. The third-order valence-electron chi connectivity index (χ3n) is 5.11. The van der Waals surface area contributed by atoms with Gasteiger partial charge in [0.2, 0.25) is 0 Å². The van der Waals surface area contributed by atoms with Gasteiger partial charge in [0.05, 0.1) is 32.9 Å². The van der Waals surface area contributed by atoms with Gasteiger partial charge in [-0.2, -0.15) is 0 Å². The van der Waals surface area contributed by atoms with E-state index in [0.717, 1.165) is 17.3 Å². The number of ether oxygens (including phenoxy) is 1. The highest BCUT2D eigenvalue weighted by molar-refractivity contribution is 8.00. The van der Waals surface area contributed by atoms with Crippen molar-refractivity contribution in [1.29, 1.82) is 0 Å². The van der Waals surface area contributed by atoms with Gasteiger partial charge in [-0.1, -0.05) is 24.3 Å². The molecule has 0 atom stereocenters. The Labute approximate surface area is 213 Å². The van der Waals surface area contributed by atoms with Crippen molar-refractivity contribution >= 4 is 44.3 Å². The number of nitrogens with zero attached hydrogens (tertiary/aromatic N) is 1. The lowest BCUT2D eigenvalue weighted by molar-refractivity contribution is -0.133. The summed E-state index contributed by atoms with van der Waals surface area (Å²) < 4.78 is 35.1. The molecule has 0 aliphatic heterocycles. The Bertz CT molecular complexity index is 1540. The predicted molar refractivity (Wildman–Crippen MR) is 140 cm³/mol. The summed E-state index contributed by atoms with van der Waals surface area (Å²) >= 11 is 0.887. The number of aromatic hydroxyl groups is 1. The van der Waals surface area contributed by atoms with Crippen molar-refractivity contribution in [3.63, 3.8) is 0 Å². The van der Waals surface area contributed by atoms with Crippen LogP contribution in [0.15, 0.2) is 82.7 Å². The monoisotopic (exact) mass is 524 g/mol. The van der Waals surface area contributed by atoms with Gasteiger partial charge in [-0.05, 0) is 67.4 Å². The number of thioether (sulfide) groups is 1. The van der Waals surface area contributed by atoms with E-state index in [9.17, 15) is 18.3 Å². The Balaban J connectivity index is 1.71. The third kappa shape index (κ3) is 5.72. The van der Waals surface area contributed by atoms with Gasteiger partial charge in [0.25, 0.3) is 10.0 Å². The molecule has 0 amide bonds. The van der Waals surface area contributed by atoms with Crippen molar-refractivity contribution in [3.8, 4) is 22.6 Å². The van der Waals surface area contributed by atoms with Crippen LogP contribution in [0.4, 0.5) is 5.69 Å². The summed E-state index contributed by atoms with van der Waals surface area (Å²) in [6.07, 6.45) is 1.49. The number of aromatic nitrogens is 1. The number of fused-ring (bicyclic) bond motifs is 1. The Morgan fingerprint density at radius 1 is 1.06 bits per heavy atom. The number of nitrogens with one attached hydrogen (secondary N) is 1. The molecule has 10 heteroatoms. The van der Waals surface area contributed by atoms with Gasteiger partial charge in [0.1, 0.15) is 11.5 Å². The molecule has 1 aromatic heterocycles. The largest absolute Gasteiger partial charge is 0.506 e. The molecular formula is C26H24N2O6S2. The Morgan fingerprint density at radius 2 is 1.78 bits per heavy atom. The molecule has 0 unspecified atom stereocenters.